The number of halogens is 1. The standard InChI is InChI=1S/C16H12ClNOS2/c1-10-2-7-13-15(8-10)21-16(18-13)20-9-14(19)11-3-5-12(17)6-4-11/h2-8H,9H2,1H3. The molecule has 0 amide bonds. The summed E-state index contributed by atoms with van der Waals surface area (Å²) in [6.45, 7) is 2.07. The average molecular weight is 334 g/mol. The van der Waals surface area contributed by atoms with E-state index in [1.165, 1.54) is 17.3 Å². The van der Waals surface area contributed by atoms with Gasteiger partial charge in [0.05, 0.1) is 16.0 Å². The Labute approximate surface area is 136 Å². The molecule has 1 aromatic heterocycles. The molecule has 2 aromatic carbocycles. The number of thiazole rings is 1. The van der Waals surface area contributed by atoms with E-state index in [9.17, 15) is 4.79 Å². The van der Waals surface area contributed by atoms with Crippen molar-refractivity contribution in [1.82, 2.24) is 4.98 Å². The Bertz CT molecular complexity index is 796. The van der Waals surface area contributed by atoms with Crippen molar-refractivity contribution in [1.29, 1.82) is 0 Å². The van der Waals surface area contributed by atoms with Crippen LogP contribution in [0.4, 0.5) is 0 Å². The molecule has 3 aromatic rings. The van der Waals surface area contributed by atoms with Crippen LogP contribution in [0.15, 0.2) is 46.8 Å². The van der Waals surface area contributed by atoms with Crippen molar-refractivity contribution in [2.75, 3.05) is 5.75 Å². The molecule has 0 aliphatic rings. The number of fused-ring (bicyclic) bond motifs is 1. The number of rotatable bonds is 4. The van der Waals surface area contributed by atoms with Crippen molar-refractivity contribution in [3.05, 3.63) is 58.6 Å². The second-order valence-electron chi connectivity index (χ2n) is 4.67. The number of nitrogens with zero attached hydrogens (tertiary/aromatic N) is 1. The number of carbonyl (C=O) groups excluding carboxylic acids is 1. The van der Waals surface area contributed by atoms with Gasteiger partial charge in [-0.2, -0.15) is 0 Å². The van der Waals surface area contributed by atoms with E-state index in [1.807, 2.05) is 6.07 Å². The molecule has 0 N–H and O–H groups in total. The van der Waals surface area contributed by atoms with Crippen LogP contribution in [0.2, 0.25) is 5.02 Å². The highest BCUT2D eigenvalue weighted by Crippen LogP contribution is 2.30. The number of thioether (sulfide) groups is 1. The third-order valence-electron chi connectivity index (χ3n) is 3.02. The van der Waals surface area contributed by atoms with Crippen molar-refractivity contribution in [2.45, 2.75) is 11.3 Å². The van der Waals surface area contributed by atoms with Crippen LogP contribution in [0.1, 0.15) is 15.9 Å². The Balaban J connectivity index is 1.71. The molecule has 1 heterocycles. The lowest BCUT2D eigenvalue weighted by Crippen LogP contribution is -2.01. The van der Waals surface area contributed by atoms with E-state index in [4.69, 9.17) is 11.6 Å². The van der Waals surface area contributed by atoms with Crippen molar-refractivity contribution < 1.29 is 4.79 Å². The third-order valence-corrected chi connectivity index (χ3v) is 5.43. The van der Waals surface area contributed by atoms with Gasteiger partial charge in [-0.1, -0.05) is 29.4 Å². The first kappa shape index (κ1) is 14.6. The summed E-state index contributed by atoms with van der Waals surface area (Å²) in [5.41, 5.74) is 2.90. The van der Waals surface area contributed by atoms with E-state index < -0.39 is 0 Å². The van der Waals surface area contributed by atoms with Crippen LogP contribution < -0.4 is 0 Å². The SMILES string of the molecule is Cc1ccc2nc(SCC(=O)c3ccc(Cl)cc3)sc2c1. The van der Waals surface area contributed by atoms with Gasteiger partial charge in [0.2, 0.25) is 0 Å². The second kappa shape index (κ2) is 6.18. The topological polar surface area (TPSA) is 30.0 Å². The first-order valence-electron chi connectivity index (χ1n) is 6.40. The molecule has 21 heavy (non-hydrogen) atoms. The zero-order chi connectivity index (χ0) is 14.8. The van der Waals surface area contributed by atoms with Crippen LogP contribution in [-0.2, 0) is 0 Å². The predicted molar refractivity (Wildman–Crippen MR) is 90.9 cm³/mol. The number of Topliss-reactive ketones (excluding diaryl/α,β-unsaturated/α-hetero) is 1. The van der Waals surface area contributed by atoms with Gasteiger partial charge in [0.15, 0.2) is 10.1 Å². The first-order chi connectivity index (χ1) is 10.1. The van der Waals surface area contributed by atoms with E-state index in [1.54, 1.807) is 35.6 Å². The highest BCUT2D eigenvalue weighted by Gasteiger charge is 2.10. The number of aryl methyl sites for hydroxylation is 1. The molecule has 5 heteroatoms. The molecule has 0 saturated heterocycles. The van der Waals surface area contributed by atoms with Gasteiger partial charge in [-0.3, -0.25) is 4.79 Å². The van der Waals surface area contributed by atoms with Gasteiger partial charge >= 0.3 is 0 Å². The normalized spacial score (nSPS) is 11.0. The van der Waals surface area contributed by atoms with Crippen LogP contribution in [0, 0.1) is 6.92 Å². The lowest BCUT2D eigenvalue weighted by Gasteiger charge is -1.99. The van der Waals surface area contributed by atoms with Crippen LogP contribution in [0.5, 0.6) is 0 Å². The maximum Gasteiger partial charge on any atom is 0.173 e. The Morgan fingerprint density at radius 3 is 2.76 bits per heavy atom. The Kier molecular flexibility index (Phi) is 4.29. The highest BCUT2D eigenvalue weighted by molar-refractivity contribution is 8.01. The smallest absolute Gasteiger partial charge is 0.173 e. The predicted octanol–water partition coefficient (Wildman–Crippen LogP) is 5.23. The minimum atomic E-state index is 0.0899. The number of benzene rings is 2. The van der Waals surface area contributed by atoms with Gasteiger partial charge in [0.1, 0.15) is 0 Å². The highest BCUT2D eigenvalue weighted by atomic mass is 35.5. The molecule has 0 unspecified atom stereocenters. The van der Waals surface area contributed by atoms with Crippen LogP contribution in [0.3, 0.4) is 0 Å². The molecule has 0 bridgehead atoms. The number of hydrogen-bond donors (Lipinski definition) is 0. The van der Waals surface area contributed by atoms with Crippen LogP contribution >= 0.6 is 34.7 Å². The van der Waals surface area contributed by atoms with Crippen molar-refractivity contribution >= 4 is 50.7 Å². The molecule has 0 aliphatic heterocycles. The van der Waals surface area contributed by atoms with Crippen LogP contribution in [-0.4, -0.2) is 16.5 Å². The zero-order valence-electron chi connectivity index (χ0n) is 11.3. The summed E-state index contributed by atoms with van der Waals surface area (Å²) in [7, 11) is 0. The molecular formula is C16H12ClNOS2. The molecule has 0 saturated carbocycles. The summed E-state index contributed by atoms with van der Waals surface area (Å²) in [6.07, 6.45) is 0. The summed E-state index contributed by atoms with van der Waals surface area (Å²) in [6, 6.07) is 13.2. The minimum absolute atomic E-state index is 0.0899. The molecule has 2 nitrogen and oxygen atoms in total. The molecule has 0 fully saturated rings. The summed E-state index contributed by atoms with van der Waals surface area (Å²) in [5, 5.41) is 0.640. The molecule has 0 spiro atoms. The van der Waals surface area contributed by atoms with Gasteiger partial charge in [-0.25, -0.2) is 4.98 Å². The summed E-state index contributed by atoms with van der Waals surface area (Å²) in [4.78, 5) is 16.7. The van der Waals surface area contributed by atoms with E-state index in [2.05, 4.69) is 24.0 Å². The zero-order valence-corrected chi connectivity index (χ0v) is 13.7. The lowest BCUT2D eigenvalue weighted by molar-refractivity contribution is 0.102. The van der Waals surface area contributed by atoms with Gasteiger partial charge < -0.3 is 0 Å². The maximum absolute atomic E-state index is 12.1. The second-order valence-corrected chi connectivity index (χ2v) is 7.36. The maximum atomic E-state index is 12.1. The Hall–Kier alpha value is -1.36. The molecule has 0 atom stereocenters. The van der Waals surface area contributed by atoms with Gasteiger partial charge in [-0.15, -0.1) is 11.3 Å². The van der Waals surface area contributed by atoms with Crippen molar-refractivity contribution in [3.63, 3.8) is 0 Å². The van der Waals surface area contributed by atoms with Gasteiger partial charge in [0.25, 0.3) is 0 Å². The fourth-order valence-electron chi connectivity index (χ4n) is 1.92. The first-order valence-corrected chi connectivity index (χ1v) is 8.58. The van der Waals surface area contributed by atoms with Gasteiger partial charge in [0, 0.05) is 10.6 Å². The average Bonchev–Trinajstić information content (AvgIpc) is 2.87. The Morgan fingerprint density at radius 1 is 1.24 bits per heavy atom. The summed E-state index contributed by atoms with van der Waals surface area (Å²) in [5.74, 6) is 0.479. The quantitative estimate of drug-likeness (QED) is 0.483. The number of carbonyl (C=O) groups is 1. The fourth-order valence-corrected chi connectivity index (χ4v) is 4.11. The van der Waals surface area contributed by atoms with E-state index >= 15 is 0 Å². The Morgan fingerprint density at radius 2 is 2.00 bits per heavy atom. The minimum Gasteiger partial charge on any atom is -0.293 e. The lowest BCUT2D eigenvalue weighted by atomic mass is 10.1. The monoisotopic (exact) mass is 333 g/mol. The largest absolute Gasteiger partial charge is 0.293 e. The number of ketones is 1. The fraction of sp³-hybridized carbons (Fsp3) is 0.125. The summed E-state index contributed by atoms with van der Waals surface area (Å²) < 4.78 is 2.09. The number of aromatic nitrogens is 1. The molecule has 0 aliphatic carbocycles. The van der Waals surface area contributed by atoms with Crippen LogP contribution in [0.25, 0.3) is 10.2 Å². The van der Waals surface area contributed by atoms with Crippen molar-refractivity contribution in [3.8, 4) is 0 Å². The third kappa shape index (κ3) is 3.46. The molecule has 0 radical (unpaired) electrons. The molecule has 106 valence electrons. The van der Waals surface area contributed by atoms with E-state index in [0.29, 0.717) is 16.3 Å². The van der Waals surface area contributed by atoms with Crippen molar-refractivity contribution in [2.24, 2.45) is 0 Å². The molecule has 3 rings (SSSR count). The molecular weight excluding hydrogens is 322 g/mol. The van der Waals surface area contributed by atoms with Gasteiger partial charge in [-0.05, 0) is 48.9 Å². The van der Waals surface area contributed by atoms with E-state index in [-0.39, 0.29) is 5.78 Å². The summed E-state index contributed by atoms with van der Waals surface area (Å²) >= 11 is 8.94. The number of hydrogen-bond acceptors (Lipinski definition) is 4. The van der Waals surface area contributed by atoms with E-state index in [0.717, 1.165) is 14.6 Å².